The summed E-state index contributed by atoms with van der Waals surface area (Å²) >= 11 is 3.29. The normalized spacial score (nSPS) is 16.4. The van der Waals surface area contributed by atoms with Gasteiger partial charge in [0.1, 0.15) is 0 Å². The van der Waals surface area contributed by atoms with Gasteiger partial charge in [0.15, 0.2) is 0 Å². The van der Waals surface area contributed by atoms with Gasteiger partial charge in [-0.3, -0.25) is 19.0 Å². The van der Waals surface area contributed by atoms with Crippen molar-refractivity contribution in [1.82, 2.24) is 5.32 Å². The SMILES string of the molecule is COC(=O)c1ccc(C)cc1Br.COC(=O)c1ccc(C)cc1NS(=O)(=O)C(C)C.Cc1ccc(C(=O)NC23CC(c4ccccc4)(C2)C3)c(NS(=O)(=O)C(C)C)c1.Cc1ccc(C(=O)O)c(NS(=O)(=O)C(C)C)c1. The maximum atomic E-state index is 13.0. The molecule has 2 bridgehead atoms. The number of sulfonamides is 3. The third-order valence-corrected chi connectivity index (χ3v) is 18.2. The fourth-order valence-corrected chi connectivity index (χ4v) is 10.7. The minimum absolute atomic E-state index is 0.0557. The second kappa shape index (κ2) is 25.0. The first-order valence-electron chi connectivity index (χ1n) is 23.7. The van der Waals surface area contributed by atoms with Crippen molar-refractivity contribution in [3.63, 3.8) is 0 Å². The van der Waals surface area contributed by atoms with E-state index in [0.717, 1.165) is 46.0 Å². The van der Waals surface area contributed by atoms with Gasteiger partial charge in [-0.2, -0.15) is 0 Å². The number of methoxy groups -OCH3 is 2. The first-order chi connectivity index (χ1) is 34.8. The predicted octanol–water partition coefficient (Wildman–Crippen LogP) is 10.1. The van der Waals surface area contributed by atoms with Gasteiger partial charge in [0.2, 0.25) is 30.1 Å². The summed E-state index contributed by atoms with van der Waals surface area (Å²) < 4.78 is 88.9. The Morgan fingerprint density at radius 2 is 0.867 bits per heavy atom. The molecule has 75 heavy (non-hydrogen) atoms. The van der Waals surface area contributed by atoms with E-state index in [0.29, 0.717) is 16.8 Å². The van der Waals surface area contributed by atoms with Crippen LogP contribution in [0, 0.1) is 27.7 Å². The molecular formula is C54H67BrN4O13S3. The van der Waals surface area contributed by atoms with E-state index in [1.165, 1.54) is 45.8 Å². The number of carboxylic acid groups (broad SMARTS) is 1. The molecule has 8 rings (SSSR count). The van der Waals surface area contributed by atoms with E-state index in [1.54, 1.807) is 77.1 Å². The van der Waals surface area contributed by atoms with Crippen LogP contribution in [-0.2, 0) is 45.0 Å². The highest BCUT2D eigenvalue weighted by molar-refractivity contribution is 9.10. The molecule has 5 aromatic rings. The van der Waals surface area contributed by atoms with Crippen molar-refractivity contribution >= 4 is 86.9 Å². The van der Waals surface area contributed by atoms with Crippen LogP contribution in [0.2, 0.25) is 0 Å². The fraction of sp³-hybridized carbons (Fsp3) is 0.370. The minimum atomic E-state index is -3.54. The van der Waals surface area contributed by atoms with Crippen molar-refractivity contribution < 1.29 is 59.0 Å². The molecule has 3 aliphatic carbocycles. The summed E-state index contributed by atoms with van der Waals surface area (Å²) in [5.41, 5.74) is 6.78. The zero-order valence-electron chi connectivity index (χ0n) is 44.1. The van der Waals surface area contributed by atoms with Crippen LogP contribution >= 0.6 is 15.9 Å². The zero-order chi connectivity index (χ0) is 56.4. The van der Waals surface area contributed by atoms with Gasteiger partial charge in [0, 0.05) is 15.4 Å². The van der Waals surface area contributed by atoms with E-state index in [9.17, 15) is 44.4 Å². The third kappa shape index (κ3) is 15.9. The number of anilines is 3. The Balaban J connectivity index is 0.000000228. The lowest BCUT2D eigenvalue weighted by atomic mass is 9.37. The molecule has 406 valence electrons. The number of aryl methyl sites for hydroxylation is 4. The molecule has 17 nitrogen and oxygen atoms in total. The minimum Gasteiger partial charge on any atom is -0.478 e. The molecule has 21 heteroatoms. The molecular weight excluding hydrogens is 1090 g/mol. The Bertz CT molecular complexity index is 3240. The topological polar surface area (TPSA) is 258 Å². The van der Waals surface area contributed by atoms with E-state index < -0.39 is 57.8 Å². The van der Waals surface area contributed by atoms with Crippen LogP contribution in [0.15, 0.2) is 108 Å². The zero-order valence-corrected chi connectivity index (χ0v) is 48.2. The monoisotopic (exact) mass is 1150 g/mol. The average molecular weight is 1160 g/mol. The maximum absolute atomic E-state index is 13.0. The molecule has 0 aliphatic heterocycles. The number of halogens is 1. The number of ether oxygens (including phenoxy) is 2. The Morgan fingerprint density at radius 1 is 0.520 bits per heavy atom. The molecule has 3 saturated carbocycles. The molecule has 0 heterocycles. The van der Waals surface area contributed by atoms with Gasteiger partial charge in [0.25, 0.3) is 5.91 Å². The summed E-state index contributed by atoms with van der Waals surface area (Å²) in [6.07, 6.45) is 2.82. The Kier molecular flexibility index (Phi) is 20.4. The number of benzene rings is 5. The smallest absolute Gasteiger partial charge is 0.339 e. The lowest BCUT2D eigenvalue weighted by Gasteiger charge is -2.71. The summed E-state index contributed by atoms with van der Waals surface area (Å²) in [7, 11) is -7.93. The quantitative estimate of drug-likeness (QED) is 0.0612. The van der Waals surface area contributed by atoms with Crippen molar-refractivity contribution in [3.8, 4) is 0 Å². The molecule has 0 aromatic heterocycles. The molecule has 3 fully saturated rings. The largest absolute Gasteiger partial charge is 0.478 e. The van der Waals surface area contributed by atoms with Crippen LogP contribution in [0.3, 0.4) is 0 Å². The van der Waals surface area contributed by atoms with Gasteiger partial charge in [-0.15, -0.1) is 0 Å². The van der Waals surface area contributed by atoms with Gasteiger partial charge in [0.05, 0.1) is 69.3 Å². The van der Waals surface area contributed by atoms with Gasteiger partial charge in [-0.1, -0.05) is 54.6 Å². The van der Waals surface area contributed by atoms with Gasteiger partial charge in [-0.25, -0.2) is 39.6 Å². The van der Waals surface area contributed by atoms with Crippen LogP contribution in [-0.4, -0.2) is 89.7 Å². The number of aromatic carboxylic acids is 1. The van der Waals surface area contributed by atoms with Gasteiger partial charge < -0.3 is 19.9 Å². The number of carbonyl (C=O) groups is 4. The van der Waals surface area contributed by atoms with Crippen molar-refractivity contribution in [1.29, 1.82) is 0 Å². The highest BCUT2D eigenvalue weighted by Crippen LogP contribution is 2.67. The van der Waals surface area contributed by atoms with Crippen LogP contribution in [0.5, 0.6) is 0 Å². The summed E-state index contributed by atoms with van der Waals surface area (Å²) in [4.78, 5) is 46.6. The van der Waals surface area contributed by atoms with Gasteiger partial charge in [-0.05, 0) is 181 Å². The van der Waals surface area contributed by atoms with Crippen molar-refractivity contribution in [2.75, 3.05) is 28.4 Å². The lowest BCUT2D eigenvalue weighted by Crippen LogP contribution is -2.76. The predicted molar refractivity (Wildman–Crippen MR) is 297 cm³/mol. The number of nitrogens with one attached hydrogen (secondary N) is 4. The van der Waals surface area contributed by atoms with Crippen LogP contribution in [0.25, 0.3) is 0 Å². The summed E-state index contributed by atoms with van der Waals surface area (Å²) in [6, 6.07) is 30.5. The standard InChI is InChI=1S/C22H26N2O3S.C12H17NO4S.C11H15NO4S.C9H9BrO2/c1-15(2)28(26,27)24-19-11-16(3)9-10-18(19)20(25)23-22-12-21(13-22,14-22)17-7-5-4-6-8-17;1-8(2)18(15,16)13-11-7-9(3)5-6-10(11)12(14)17-4;1-7(2)17(15,16)12-10-6-8(3)4-5-9(10)11(13)14;1-6-3-4-7(8(10)5-6)9(11)12-2/h4-11,15,24H,12-14H2,1-3H3,(H,23,25);5-8,13H,1-4H3;4-7,12H,1-3H3,(H,13,14);3-5H,1-2H3. The maximum Gasteiger partial charge on any atom is 0.339 e. The molecule has 0 saturated heterocycles. The number of carbonyl (C=O) groups excluding carboxylic acids is 3. The number of hydrogen-bond donors (Lipinski definition) is 5. The summed E-state index contributed by atoms with van der Waals surface area (Å²) in [6.45, 7) is 16.8. The second-order valence-electron chi connectivity index (χ2n) is 19.4. The van der Waals surface area contributed by atoms with Crippen LogP contribution in [0.4, 0.5) is 17.1 Å². The van der Waals surface area contributed by atoms with E-state index in [4.69, 9.17) is 5.11 Å². The highest BCUT2D eigenvalue weighted by Gasteiger charge is 2.69. The Labute approximate surface area is 449 Å². The Morgan fingerprint density at radius 3 is 1.25 bits per heavy atom. The third-order valence-electron chi connectivity index (χ3n) is 12.3. The molecule has 5 N–H and O–H groups in total. The Hall–Kier alpha value is -6.29. The first kappa shape index (κ1) is 61.3. The lowest BCUT2D eigenvalue weighted by molar-refractivity contribution is -0.0808. The van der Waals surface area contributed by atoms with Gasteiger partial charge >= 0.3 is 17.9 Å². The average Bonchev–Trinajstić information content (AvgIpc) is 3.29. The summed E-state index contributed by atoms with van der Waals surface area (Å²) in [5.74, 6) is -2.27. The van der Waals surface area contributed by atoms with Crippen molar-refractivity contribution in [2.45, 2.75) is 115 Å². The summed E-state index contributed by atoms with van der Waals surface area (Å²) in [5, 5.41) is 10.4. The molecule has 0 spiro atoms. The fourth-order valence-electron chi connectivity index (χ4n) is 7.94. The molecule has 0 radical (unpaired) electrons. The highest BCUT2D eigenvalue weighted by atomic mass is 79.9. The number of hydrogen-bond acceptors (Lipinski definition) is 12. The molecule has 0 unspecified atom stereocenters. The molecule has 0 atom stereocenters. The molecule has 5 aromatic carbocycles. The number of rotatable bonds is 15. The van der Waals surface area contributed by atoms with E-state index in [-0.39, 0.29) is 45.3 Å². The first-order valence-corrected chi connectivity index (χ1v) is 29.2. The van der Waals surface area contributed by atoms with E-state index >= 15 is 0 Å². The van der Waals surface area contributed by atoms with E-state index in [2.05, 4.69) is 69.2 Å². The van der Waals surface area contributed by atoms with Crippen molar-refractivity contribution in [3.05, 3.63) is 158 Å². The second-order valence-corrected chi connectivity index (χ2v) is 27.0. The van der Waals surface area contributed by atoms with Crippen LogP contribution < -0.4 is 19.5 Å². The van der Waals surface area contributed by atoms with Crippen LogP contribution in [0.1, 0.15) is 130 Å². The van der Waals surface area contributed by atoms with E-state index in [1.807, 2.05) is 45.0 Å². The number of amides is 1. The van der Waals surface area contributed by atoms with Crippen molar-refractivity contribution in [2.24, 2.45) is 0 Å². The number of carboxylic acids is 1. The number of esters is 2. The molecule has 3 aliphatic rings. The molecule has 1 amide bonds.